The molecule has 1 heterocycles. The molecule has 0 radical (unpaired) electrons. The molecule has 100 valence electrons. The highest BCUT2D eigenvalue weighted by Crippen LogP contribution is 2.55. The van der Waals surface area contributed by atoms with Crippen LogP contribution in [0.4, 0.5) is 5.69 Å². The van der Waals surface area contributed by atoms with Crippen LogP contribution < -0.4 is 5.73 Å². The molecule has 20 heavy (non-hydrogen) atoms. The quantitative estimate of drug-likeness (QED) is 0.712. The highest BCUT2D eigenvalue weighted by atomic mass is 32.1. The molecule has 0 amide bonds. The van der Waals surface area contributed by atoms with E-state index in [1.807, 2.05) is 23.5 Å². The van der Waals surface area contributed by atoms with Crippen LogP contribution in [-0.2, 0) is 5.41 Å². The minimum atomic E-state index is 0.144. The third-order valence-corrected chi connectivity index (χ3v) is 5.39. The zero-order chi connectivity index (χ0) is 13.7. The second kappa shape index (κ2) is 4.06. The number of hydrogen-bond acceptors (Lipinski definition) is 3. The molecule has 0 aliphatic heterocycles. The maximum atomic E-state index is 5.79. The summed E-state index contributed by atoms with van der Waals surface area (Å²) >= 11 is 1.84. The van der Waals surface area contributed by atoms with E-state index in [0.29, 0.717) is 0 Å². The largest absolute Gasteiger partial charge is 0.399 e. The van der Waals surface area contributed by atoms with Crippen molar-refractivity contribution >= 4 is 27.2 Å². The number of aromatic nitrogens is 1. The Balaban J connectivity index is 1.83. The molecule has 1 aliphatic carbocycles. The van der Waals surface area contributed by atoms with Crippen molar-refractivity contribution in [1.29, 1.82) is 0 Å². The number of anilines is 1. The zero-order valence-electron chi connectivity index (χ0n) is 11.4. The van der Waals surface area contributed by atoms with Gasteiger partial charge in [0.2, 0.25) is 0 Å². The van der Waals surface area contributed by atoms with E-state index in [4.69, 9.17) is 10.7 Å². The molecule has 2 N–H and O–H groups in total. The second-order valence-corrected chi connectivity index (χ2v) is 6.72. The van der Waals surface area contributed by atoms with Crippen molar-refractivity contribution in [3.8, 4) is 0 Å². The van der Waals surface area contributed by atoms with Crippen molar-refractivity contribution in [2.75, 3.05) is 5.73 Å². The lowest BCUT2D eigenvalue weighted by atomic mass is 9.96. The lowest BCUT2D eigenvalue weighted by Gasteiger charge is -2.12. The maximum absolute atomic E-state index is 5.79. The second-order valence-electron chi connectivity index (χ2n) is 5.69. The monoisotopic (exact) mass is 280 g/mol. The Bertz CT molecular complexity index is 782. The highest BCUT2D eigenvalue weighted by Gasteiger charge is 2.48. The van der Waals surface area contributed by atoms with Gasteiger partial charge in [0.1, 0.15) is 5.01 Å². The van der Waals surface area contributed by atoms with E-state index >= 15 is 0 Å². The van der Waals surface area contributed by atoms with Gasteiger partial charge in [-0.25, -0.2) is 4.98 Å². The number of benzene rings is 2. The van der Waals surface area contributed by atoms with Gasteiger partial charge >= 0.3 is 0 Å². The van der Waals surface area contributed by atoms with Crippen molar-refractivity contribution in [2.45, 2.75) is 25.2 Å². The third kappa shape index (κ3) is 1.74. The summed E-state index contributed by atoms with van der Waals surface area (Å²) in [4.78, 5) is 4.87. The molecule has 3 aromatic rings. The molecule has 1 saturated carbocycles. The number of nitrogens with zero attached hydrogens (tertiary/aromatic N) is 1. The van der Waals surface area contributed by atoms with Gasteiger partial charge in [-0.05, 0) is 55.2 Å². The average Bonchev–Trinajstić information content (AvgIpc) is 3.14. The molecular weight excluding hydrogens is 264 g/mol. The smallest absolute Gasteiger partial charge is 0.104 e. The van der Waals surface area contributed by atoms with Crippen molar-refractivity contribution in [3.63, 3.8) is 0 Å². The summed E-state index contributed by atoms with van der Waals surface area (Å²) < 4.78 is 1.29. The van der Waals surface area contributed by atoms with Crippen LogP contribution in [0, 0.1) is 6.92 Å². The first kappa shape index (κ1) is 11.9. The fourth-order valence-electron chi connectivity index (χ4n) is 2.79. The highest BCUT2D eigenvalue weighted by molar-refractivity contribution is 7.18. The zero-order valence-corrected chi connectivity index (χ0v) is 12.2. The summed E-state index contributed by atoms with van der Waals surface area (Å²) in [6.45, 7) is 2.13. The lowest BCUT2D eigenvalue weighted by Crippen LogP contribution is -2.07. The van der Waals surface area contributed by atoms with E-state index in [2.05, 4.69) is 37.3 Å². The SMILES string of the molecule is Cc1ccc2nc(C3(c4ccc(N)cc4)CC3)sc2c1. The summed E-state index contributed by atoms with van der Waals surface area (Å²) in [5.74, 6) is 0. The summed E-state index contributed by atoms with van der Waals surface area (Å²) in [6.07, 6.45) is 2.38. The molecule has 1 aliphatic rings. The standard InChI is InChI=1S/C17H16N2S/c1-11-2-7-14-15(10-11)20-16(19-14)17(8-9-17)12-3-5-13(18)6-4-12/h2-7,10H,8-9,18H2,1H3. The number of rotatable bonds is 2. The summed E-state index contributed by atoms with van der Waals surface area (Å²) in [6, 6.07) is 14.8. The van der Waals surface area contributed by atoms with Crippen LogP contribution in [0.2, 0.25) is 0 Å². The minimum Gasteiger partial charge on any atom is -0.399 e. The van der Waals surface area contributed by atoms with Crippen LogP contribution in [0.15, 0.2) is 42.5 Å². The predicted octanol–water partition coefficient (Wildman–Crippen LogP) is 4.27. The van der Waals surface area contributed by atoms with E-state index in [0.717, 1.165) is 11.2 Å². The molecule has 2 aromatic carbocycles. The molecule has 0 bridgehead atoms. The fourth-order valence-corrected chi connectivity index (χ4v) is 4.12. The van der Waals surface area contributed by atoms with Crippen molar-refractivity contribution < 1.29 is 0 Å². The van der Waals surface area contributed by atoms with E-state index in [1.54, 1.807) is 0 Å². The Hall–Kier alpha value is -1.87. The topological polar surface area (TPSA) is 38.9 Å². The molecule has 1 aromatic heterocycles. The van der Waals surface area contributed by atoms with Crippen LogP contribution >= 0.6 is 11.3 Å². The Morgan fingerprint density at radius 1 is 1.10 bits per heavy atom. The van der Waals surface area contributed by atoms with E-state index in [9.17, 15) is 0 Å². The first-order valence-electron chi connectivity index (χ1n) is 6.91. The van der Waals surface area contributed by atoms with Gasteiger partial charge in [0.25, 0.3) is 0 Å². The van der Waals surface area contributed by atoms with Gasteiger partial charge in [-0.2, -0.15) is 0 Å². The number of nitrogen functional groups attached to an aromatic ring is 1. The Morgan fingerprint density at radius 2 is 1.85 bits per heavy atom. The van der Waals surface area contributed by atoms with Gasteiger partial charge in [0, 0.05) is 11.1 Å². The lowest BCUT2D eigenvalue weighted by molar-refractivity contribution is 0.838. The first-order valence-corrected chi connectivity index (χ1v) is 7.73. The molecule has 0 spiro atoms. The Kier molecular flexibility index (Phi) is 2.42. The normalized spacial score (nSPS) is 16.4. The molecule has 0 unspecified atom stereocenters. The number of thiazole rings is 1. The summed E-state index contributed by atoms with van der Waals surface area (Å²) in [7, 11) is 0. The van der Waals surface area contributed by atoms with E-state index in [-0.39, 0.29) is 5.41 Å². The van der Waals surface area contributed by atoms with Gasteiger partial charge in [-0.15, -0.1) is 11.3 Å². The van der Waals surface area contributed by atoms with Crippen LogP contribution in [0.3, 0.4) is 0 Å². The first-order chi connectivity index (χ1) is 9.67. The van der Waals surface area contributed by atoms with Gasteiger partial charge in [0.15, 0.2) is 0 Å². The maximum Gasteiger partial charge on any atom is 0.104 e. The molecule has 0 saturated heterocycles. The molecule has 1 fully saturated rings. The number of aryl methyl sites for hydroxylation is 1. The van der Waals surface area contributed by atoms with E-state index < -0.39 is 0 Å². The Morgan fingerprint density at radius 3 is 2.55 bits per heavy atom. The van der Waals surface area contributed by atoms with Crippen molar-refractivity contribution in [3.05, 3.63) is 58.6 Å². The van der Waals surface area contributed by atoms with Crippen molar-refractivity contribution in [2.24, 2.45) is 0 Å². The molecule has 4 rings (SSSR count). The number of fused-ring (bicyclic) bond motifs is 1. The van der Waals surface area contributed by atoms with Gasteiger partial charge < -0.3 is 5.73 Å². The van der Waals surface area contributed by atoms with Crippen molar-refractivity contribution in [1.82, 2.24) is 4.98 Å². The molecule has 2 nitrogen and oxygen atoms in total. The Labute approximate surface area is 122 Å². The predicted molar refractivity (Wildman–Crippen MR) is 85.2 cm³/mol. The minimum absolute atomic E-state index is 0.144. The average molecular weight is 280 g/mol. The van der Waals surface area contributed by atoms with Gasteiger partial charge in [-0.1, -0.05) is 18.2 Å². The van der Waals surface area contributed by atoms with Crippen LogP contribution in [0.1, 0.15) is 29.0 Å². The van der Waals surface area contributed by atoms with Crippen LogP contribution in [0.5, 0.6) is 0 Å². The fraction of sp³-hybridized carbons (Fsp3) is 0.235. The third-order valence-electron chi connectivity index (χ3n) is 4.17. The van der Waals surface area contributed by atoms with Crippen LogP contribution in [0.25, 0.3) is 10.2 Å². The molecular formula is C17H16N2S. The van der Waals surface area contributed by atoms with E-state index in [1.165, 1.54) is 33.7 Å². The summed E-state index contributed by atoms with van der Waals surface area (Å²) in [5, 5.41) is 1.25. The number of nitrogens with two attached hydrogens (primary N) is 1. The van der Waals surface area contributed by atoms with Crippen LogP contribution in [-0.4, -0.2) is 4.98 Å². The van der Waals surface area contributed by atoms with Gasteiger partial charge in [0.05, 0.1) is 10.2 Å². The summed E-state index contributed by atoms with van der Waals surface area (Å²) in [5.41, 5.74) is 10.5. The number of hydrogen-bond donors (Lipinski definition) is 1. The molecule has 3 heteroatoms. The molecule has 0 atom stereocenters. The van der Waals surface area contributed by atoms with Gasteiger partial charge in [-0.3, -0.25) is 0 Å².